The van der Waals surface area contributed by atoms with Gasteiger partial charge in [-0.3, -0.25) is 4.90 Å². The van der Waals surface area contributed by atoms with Crippen molar-refractivity contribution in [2.75, 3.05) is 26.2 Å². The fourth-order valence-electron chi connectivity index (χ4n) is 1.88. The summed E-state index contributed by atoms with van der Waals surface area (Å²) in [6, 6.07) is 0. The topological polar surface area (TPSA) is 15.3 Å². The van der Waals surface area contributed by atoms with Crippen molar-refractivity contribution in [2.24, 2.45) is 0 Å². The van der Waals surface area contributed by atoms with Crippen LogP contribution in [0.15, 0.2) is 0 Å². The van der Waals surface area contributed by atoms with Crippen molar-refractivity contribution in [3.63, 3.8) is 0 Å². The molecular weight excluding hydrogens is 217 g/mol. The molecule has 0 aliphatic carbocycles. The summed E-state index contributed by atoms with van der Waals surface area (Å²) in [4.78, 5) is 1.46. The van der Waals surface area contributed by atoms with Gasteiger partial charge in [-0.1, -0.05) is 13.8 Å². The number of alkyl halides is 3. The predicted octanol–water partition coefficient (Wildman–Crippen LogP) is 2.65. The highest BCUT2D eigenvalue weighted by molar-refractivity contribution is 4.82. The second kappa shape index (κ2) is 6.45. The van der Waals surface area contributed by atoms with E-state index in [0.29, 0.717) is 13.1 Å². The van der Waals surface area contributed by atoms with E-state index in [1.807, 2.05) is 27.7 Å². The Bertz CT molecular complexity index is 190. The average molecular weight is 240 g/mol. The lowest BCUT2D eigenvalue weighted by atomic mass is 10.0. The molecule has 5 heteroatoms. The number of nitrogens with zero attached hydrogens (tertiary/aromatic N) is 1. The highest BCUT2D eigenvalue weighted by atomic mass is 19.4. The maximum Gasteiger partial charge on any atom is 0.401 e. The molecule has 0 aromatic carbocycles. The van der Waals surface area contributed by atoms with Gasteiger partial charge in [0.25, 0.3) is 0 Å². The van der Waals surface area contributed by atoms with Crippen LogP contribution in [0.2, 0.25) is 0 Å². The molecule has 0 spiro atoms. The van der Waals surface area contributed by atoms with Crippen LogP contribution in [-0.2, 0) is 0 Å². The van der Waals surface area contributed by atoms with Gasteiger partial charge in [-0.05, 0) is 33.4 Å². The first-order chi connectivity index (χ1) is 7.20. The Balaban J connectivity index is 4.32. The van der Waals surface area contributed by atoms with Gasteiger partial charge >= 0.3 is 6.18 Å². The monoisotopic (exact) mass is 240 g/mol. The summed E-state index contributed by atoms with van der Waals surface area (Å²) in [6.45, 7) is 8.53. The first-order valence-corrected chi connectivity index (χ1v) is 5.74. The lowest BCUT2D eigenvalue weighted by molar-refractivity contribution is -0.147. The third kappa shape index (κ3) is 7.93. The smallest absolute Gasteiger partial charge is 0.311 e. The van der Waals surface area contributed by atoms with E-state index >= 15 is 0 Å². The fourth-order valence-corrected chi connectivity index (χ4v) is 1.88. The summed E-state index contributed by atoms with van der Waals surface area (Å²) in [5.74, 6) is 0. The highest BCUT2D eigenvalue weighted by Gasteiger charge is 2.32. The van der Waals surface area contributed by atoms with E-state index in [2.05, 4.69) is 5.32 Å². The normalized spacial score (nSPS) is 13.5. The van der Waals surface area contributed by atoms with Crippen molar-refractivity contribution >= 4 is 0 Å². The maximum atomic E-state index is 12.3. The summed E-state index contributed by atoms with van der Waals surface area (Å²) in [6.07, 6.45) is -3.38. The third-order valence-corrected chi connectivity index (χ3v) is 2.22. The molecule has 98 valence electrons. The van der Waals surface area contributed by atoms with E-state index in [-0.39, 0.29) is 5.54 Å². The second-order valence-corrected chi connectivity index (χ2v) is 4.74. The van der Waals surface area contributed by atoms with E-state index in [1.54, 1.807) is 0 Å². The first-order valence-electron chi connectivity index (χ1n) is 5.74. The van der Waals surface area contributed by atoms with Crippen LogP contribution in [0.1, 0.15) is 34.1 Å². The summed E-state index contributed by atoms with van der Waals surface area (Å²) in [5.41, 5.74) is -0.283. The minimum atomic E-state index is -4.11. The number of nitrogens with one attached hydrogen (secondary N) is 1. The van der Waals surface area contributed by atoms with Crippen LogP contribution >= 0.6 is 0 Å². The first kappa shape index (κ1) is 15.7. The van der Waals surface area contributed by atoms with Crippen LogP contribution in [0.4, 0.5) is 13.2 Å². The van der Waals surface area contributed by atoms with Crippen LogP contribution in [0.3, 0.4) is 0 Å². The maximum absolute atomic E-state index is 12.3. The largest absolute Gasteiger partial charge is 0.401 e. The number of rotatable bonds is 7. The zero-order valence-electron chi connectivity index (χ0n) is 10.6. The molecule has 2 nitrogen and oxygen atoms in total. The predicted molar refractivity (Wildman–Crippen MR) is 60.5 cm³/mol. The summed E-state index contributed by atoms with van der Waals surface area (Å²) < 4.78 is 37.0. The molecule has 0 radical (unpaired) electrons. The molecule has 0 bridgehead atoms. The Labute approximate surface area is 96.2 Å². The zero-order chi connectivity index (χ0) is 12.8. The highest BCUT2D eigenvalue weighted by Crippen LogP contribution is 2.18. The summed E-state index contributed by atoms with van der Waals surface area (Å²) in [7, 11) is 0. The van der Waals surface area contributed by atoms with E-state index in [1.165, 1.54) is 4.90 Å². The van der Waals surface area contributed by atoms with Gasteiger partial charge in [-0.2, -0.15) is 13.2 Å². The van der Waals surface area contributed by atoms with Crippen LogP contribution < -0.4 is 5.32 Å². The van der Waals surface area contributed by atoms with Crippen LogP contribution in [0, 0.1) is 0 Å². The van der Waals surface area contributed by atoms with Gasteiger partial charge in [-0.25, -0.2) is 0 Å². The van der Waals surface area contributed by atoms with Crippen molar-refractivity contribution in [1.82, 2.24) is 10.2 Å². The van der Waals surface area contributed by atoms with Gasteiger partial charge in [0, 0.05) is 12.1 Å². The molecule has 0 atom stereocenters. The van der Waals surface area contributed by atoms with Gasteiger partial charge in [-0.15, -0.1) is 0 Å². The molecule has 0 rings (SSSR count). The fraction of sp³-hybridized carbons (Fsp3) is 1.00. The van der Waals surface area contributed by atoms with Gasteiger partial charge in [0.15, 0.2) is 0 Å². The molecule has 0 aromatic heterocycles. The minimum Gasteiger partial charge on any atom is -0.311 e. The average Bonchev–Trinajstić information content (AvgIpc) is 1.99. The van der Waals surface area contributed by atoms with Gasteiger partial charge < -0.3 is 5.32 Å². The summed E-state index contributed by atoms with van der Waals surface area (Å²) in [5, 5.41) is 3.19. The Hall–Kier alpha value is -0.290. The molecule has 16 heavy (non-hydrogen) atoms. The summed E-state index contributed by atoms with van der Waals surface area (Å²) >= 11 is 0. The van der Waals surface area contributed by atoms with Crippen LogP contribution in [0.5, 0.6) is 0 Å². The number of hydrogen-bond donors (Lipinski definition) is 1. The number of hydrogen-bond acceptors (Lipinski definition) is 2. The van der Waals surface area contributed by atoms with Crippen molar-refractivity contribution in [2.45, 2.75) is 45.8 Å². The van der Waals surface area contributed by atoms with Gasteiger partial charge in [0.05, 0.1) is 6.54 Å². The van der Waals surface area contributed by atoms with Crippen molar-refractivity contribution in [3.8, 4) is 0 Å². The Kier molecular flexibility index (Phi) is 6.33. The zero-order valence-corrected chi connectivity index (χ0v) is 10.6. The molecular formula is C11H23F3N2. The molecule has 0 aliphatic heterocycles. The Morgan fingerprint density at radius 1 is 1.06 bits per heavy atom. The molecule has 0 aromatic rings. The second-order valence-electron chi connectivity index (χ2n) is 4.74. The van der Waals surface area contributed by atoms with E-state index < -0.39 is 12.7 Å². The van der Waals surface area contributed by atoms with Gasteiger partial charge in [0.1, 0.15) is 0 Å². The third-order valence-electron chi connectivity index (χ3n) is 2.22. The minimum absolute atomic E-state index is 0.283. The standard InChI is InChI=1S/C11H23F3N2/c1-5-7-16(9-11(12,13)14)8-10(3,4)15-6-2/h15H,5-9H2,1-4H3. The molecule has 0 heterocycles. The SMILES string of the molecule is CCCN(CC(F)(F)F)CC(C)(C)NCC. The van der Waals surface area contributed by atoms with Gasteiger partial charge in [0.2, 0.25) is 0 Å². The van der Waals surface area contributed by atoms with Crippen LogP contribution in [-0.4, -0.2) is 42.8 Å². The lowest BCUT2D eigenvalue weighted by Gasteiger charge is -2.33. The van der Waals surface area contributed by atoms with Crippen molar-refractivity contribution < 1.29 is 13.2 Å². The molecule has 0 amide bonds. The van der Waals surface area contributed by atoms with E-state index in [9.17, 15) is 13.2 Å². The molecule has 0 saturated carbocycles. The quantitative estimate of drug-likeness (QED) is 0.736. The lowest BCUT2D eigenvalue weighted by Crippen LogP contribution is -2.51. The number of likely N-dealkylation sites (N-methyl/N-ethyl adjacent to an activating group) is 1. The molecule has 0 unspecified atom stereocenters. The van der Waals surface area contributed by atoms with Crippen molar-refractivity contribution in [3.05, 3.63) is 0 Å². The molecule has 0 saturated heterocycles. The Morgan fingerprint density at radius 3 is 2.00 bits per heavy atom. The van der Waals surface area contributed by atoms with E-state index in [4.69, 9.17) is 0 Å². The molecule has 0 fully saturated rings. The van der Waals surface area contributed by atoms with Crippen LogP contribution in [0.25, 0.3) is 0 Å². The molecule has 1 N–H and O–H groups in total. The number of halogens is 3. The Morgan fingerprint density at radius 2 is 1.62 bits per heavy atom. The molecule has 0 aliphatic rings. The van der Waals surface area contributed by atoms with Crippen molar-refractivity contribution in [1.29, 1.82) is 0 Å². The van der Waals surface area contributed by atoms with E-state index in [0.717, 1.165) is 13.0 Å².